The number of amides is 1. The summed E-state index contributed by atoms with van der Waals surface area (Å²) in [5, 5.41) is 5.67. The average molecular weight is 384 g/mol. The number of carbonyl (C=O) groups is 1. The molecule has 1 aliphatic rings. The summed E-state index contributed by atoms with van der Waals surface area (Å²) in [6.45, 7) is 6.34. The molecule has 0 aromatic heterocycles. The van der Waals surface area contributed by atoms with Gasteiger partial charge in [-0.15, -0.1) is 0 Å². The van der Waals surface area contributed by atoms with E-state index in [0.717, 1.165) is 0 Å². The smallest absolute Gasteiger partial charge is 0.246 e. The van der Waals surface area contributed by atoms with Crippen LogP contribution in [0, 0.1) is 5.82 Å². The molecule has 1 aromatic rings. The number of guanidine groups is 1. The molecule has 0 spiro atoms. The molecule has 9 heteroatoms. The van der Waals surface area contributed by atoms with Gasteiger partial charge >= 0.3 is 0 Å². The maximum atomic E-state index is 13.2. The zero-order valence-electron chi connectivity index (χ0n) is 15.3. The Labute approximate surface area is 153 Å². The van der Waals surface area contributed by atoms with E-state index in [-0.39, 0.29) is 18.2 Å². The number of sulfone groups is 1. The molecule has 2 rings (SSSR count). The number of hydrogen-bond donors (Lipinski definition) is 2. The SMILES string of the molecule is CCNC(=NCC(=O)Nc1cccc(F)c1)N1CCS(=O)(=O)C(C)(C)C1. The summed E-state index contributed by atoms with van der Waals surface area (Å²) in [4.78, 5) is 18.2. The lowest BCUT2D eigenvalue weighted by atomic mass is 10.2. The van der Waals surface area contributed by atoms with Gasteiger partial charge in [0.1, 0.15) is 12.4 Å². The number of nitrogens with zero attached hydrogens (tertiary/aromatic N) is 2. The number of rotatable bonds is 4. The third-order valence-electron chi connectivity index (χ3n) is 4.16. The summed E-state index contributed by atoms with van der Waals surface area (Å²) in [6, 6.07) is 5.62. The van der Waals surface area contributed by atoms with Crippen LogP contribution < -0.4 is 10.6 Å². The highest BCUT2D eigenvalue weighted by molar-refractivity contribution is 7.92. The second kappa shape index (κ2) is 8.03. The van der Waals surface area contributed by atoms with E-state index in [1.165, 1.54) is 18.2 Å². The van der Waals surface area contributed by atoms with Gasteiger partial charge < -0.3 is 15.5 Å². The van der Waals surface area contributed by atoms with Crippen LogP contribution in [-0.4, -0.2) is 61.9 Å². The Morgan fingerprint density at radius 2 is 2.12 bits per heavy atom. The first-order valence-electron chi connectivity index (χ1n) is 8.45. The minimum absolute atomic E-state index is 0.0416. The summed E-state index contributed by atoms with van der Waals surface area (Å²) in [5.41, 5.74) is 0.361. The third kappa shape index (κ3) is 4.94. The van der Waals surface area contributed by atoms with Gasteiger partial charge in [0.05, 0.1) is 10.5 Å². The van der Waals surface area contributed by atoms with E-state index >= 15 is 0 Å². The van der Waals surface area contributed by atoms with Crippen molar-refractivity contribution >= 4 is 27.4 Å². The first kappa shape index (κ1) is 20.2. The van der Waals surface area contributed by atoms with Gasteiger partial charge in [-0.05, 0) is 39.0 Å². The van der Waals surface area contributed by atoms with Gasteiger partial charge in [0.25, 0.3) is 0 Å². The molecule has 0 saturated carbocycles. The van der Waals surface area contributed by atoms with E-state index in [4.69, 9.17) is 0 Å². The molecule has 0 bridgehead atoms. The molecule has 0 atom stereocenters. The fourth-order valence-corrected chi connectivity index (χ4v) is 4.03. The normalized spacial score (nSPS) is 19.1. The van der Waals surface area contributed by atoms with E-state index in [1.54, 1.807) is 19.9 Å². The van der Waals surface area contributed by atoms with E-state index in [1.807, 2.05) is 11.8 Å². The summed E-state index contributed by atoms with van der Waals surface area (Å²) in [6.07, 6.45) is 0. The summed E-state index contributed by atoms with van der Waals surface area (Å²) < 4.78 is 36.6. The molecule has 0 unspecified atom stereocenters. The Morgan fingerprint density at radius 3 is 2.73 bits per heavy atom. The van der Waals surface area contributed by atoms with Crippen LogP contribution in [0.25, 0.3) is 0 Å². The van der Waals surface area contributed by atoms with Gasteiger partial charge in [-0.3, -0.25) is 4.79 Å². The van der Waals surface area contributed by atoms with Crippen molar-refractivity contribution in [2.24, 2.45) is 4.99 Å². The standard InChI is InChI=1S/C17H25FN4O3S/c1-4-19-16(22-8-9-26(24,25)17(2,3)12-22)20-11-15(23)21-14-7-5-6-13(18)10-14/h5-7,10H,4,8-9,11-12H2,1-3H3,(H,19,20)(H,21,23). The van der Waals surface area contributed by atoms with Crippen molar-refractivity contribution in [1.82, 2.24) is 10.2 Å². The van der Waals surface area contributed by atoms with Crippen LogP contribution in [0.1, 0.15) is 20.8 Å². The van der Waals surface area contributed by atoms with Crippen molar-refractivity contribution < 1.29 is 17.6 Å². The predicted octanol–water partition coefficient (Wildman–Crippen LogP) is 1.24. The molecule has 2 N–H and O–H groups in total. The number of anilines is 1. The van der Waals surface area contributed by atoms with Crippen LogP contribution in [-0.2, 0) is 14.6 Å². The fourth-order valence-electron chi connectivity index (χ4n) is 2.66. The van der Waals surface area contributed by atoms with Gasteiger partial charge in [-0.1, -0.05) is 6.07 Å². The number of halogens is 1. The third-order valence-corrected chi connectivity index (χ3v) is 6.69. The van der Waals surface area contributed by atoms with Gasteiger partial charge in [-0.25, -0.2) is 17.8 Å². The second-order valence-electron chi connectivity index (χ2n) is 6.73. The van der Waals surface area contributed by atoms with Gasteiger partial charge in [0, 0.05) is 25.3 Å². The van der Waals surface area contributed by atoms with Crippen molar-refractivity contribution in [2.75, 3.05) is 37.2 Å². The Hall–Kier alpha value is -2.16. The molecular formula is C17H25FN4O3S. The number of hydrogen-bond acceptors (Lipinski definition) is 4. The molecular weight excluding hydrogens is 359 g/mol. The Morgan fingerprint density at radius 1 is 1.38 bits per heavy atom. The lowest BCUT2D eigenvalue weighted by molar-refractivity contribution is -0.114. The van der Waals surface area contributed by atoms with Crippen LogP contribution >= 0.6 is 0 Å². The summed E-state index contributed by atoms with van der Waals surface area (Å²) >= 11 is 0. The van der Waals surface area contributed by atoms with Crippen LogP contribution in [0.5, 0.6) is 0 Å². The average Bonchev–Trinajstić information content (AvgIpc) is 2.54. The molecule has 1 saturated heterocycles. The quantitative estimate of drug-likeness (QED) is 0.602. The zero-order valence-corrected chi connectivity index (χ0v) is 16.1. The largest absolute Gasteiger partial charge is 0.357 e. The van der Waals surface area contributed by atoms with E-state index < -0.39 is 20.4 Å². The Balaban J connectivity index is 2.05. The number of benzene rings is 1. The maximum Gasteiger partial charge on any atom is 0.246 e. The van der Waals surface area contributed by atoms with E-state index in [9.17, 15) is 17.6 Å². The van der Waals surface area contributed by atoms with Crippen LogP contribution in [0.15, 0.2) is 29.3 Å². The first-order valence-corrected chi connectivity index (χ1v) is 10.1. The molecule has 0 radical (unpaired) electrons. The van der Waals surface area contributed by atoms with E-state index in [0.29, 0.717) is 31.3 Å². The Bertz CT molecular complexity index is 793. The lowest BCUT2D eigenvalue weighted by Crippen LogP contribution is -2.57. The molecule has 1 fully saturated rings. The summed E-state index contributed by atoms with van der Waals surface area (Å²) in [7, 11) is -3.16. The molecule has 26 heavy (non-hydrogen) atoms. The van der Waals surface area contributed by atoms with Gasteiger partial charge in [0.15, 0.2) is 15.8 Å². The highest BCUT2D eigenvalue weighted by Gasteiger charge is 2.40. The second-order valence-corrected chi connectivity index (χ2v) is 9.47. The minimum atomic E-state index is -3.16. The van der Waals surface area contributed by atoms with Crippen molar-refractivity contribution in [3.8, 4) is 0 Å². The van der Waals surface area contributed by atoms with Crippen LogP contribution in [0.4, 0.5) is 10.1 Å². The predicted molar refractivity (Wildman–Crippen MR) is 100 cm³/mol. The lowest BCUT2D eigenvalue weighted by Gasteiger charge is -2.39. The monoisotopic (exact) mass is 384 g/mol. The fraction of sp³-hybridized carbons (Fsp3) is 0.529. The van der Waals surface area contributed by atoms with Crippen molar-refractivity contribution in [2.45, 2.75) is 25.5 Å². The van der Waals surface area contributed by atoms with E-state index in [2.05, 4.69) is 15.6 Å². The number of nitrogens with one attached hydrogen (secondary N) is 2. The van der Waals surface area contributed by atoms with Crippen molar-refractivity contribution in [1.29, 1.82) is 0 Å². The van der Waals surface area contributed by atoms with Crippen molar-refractivity contribution in [3.63, 3.8) is 0 Å². The molecule has 0 aliphatic carbocycles. The highest BCUT2D eigenvalue weighted by Crippen LogP contribution is 2.23. The minimum Gasteiger partial charge on any atom is -0.357 e. The number of aliphatic imine (C=N–C) groups is 1. The molecule has 1 amide bonds. The molecule has 1 heterocycles. The van der Waals surface area contributed by atoms with Gasteiger partial charge in [0.2, 0.25) is 5.91 Å². The molecule has 144 valence electrons. The Kier molecular flexibility index (Phi) is 6.22. The van der Waals surface area contributed by atoms with Crippen LogP contribution in [0.3, 0.4) is 0 Å². The van der Waals surface area contributed by atoms with Crippen LogP contribution in [0.2, 0.25) is 0 Å². The first-order chi connectivity index (χ1) is 12.1. The maximum absolute atomic E-state index is 13.2. The van der Waals surface area contributed by atoms with Crippen molar-refractivity contribution in [3.05, 3.63) is 30.1 Å². The molecule has 1 aliphatic heterocycles. The summed E-state index contributed by atoms with van der Waals surface area (Å²) in [5.74, 6) is -0.281. The van der Waals surface area contributed by atoms with Gasteiger partial charge in [-0.2, -0.15) is 0 Å². The molecule has 1 aromatic carbocycles. The topological polar surface area (TPSA) is 90.9 Å². The molecule has 7 nitrogen and oxygen atoms in total. The number of carbonyl (C=O) groups excluding carboxylic acids is 1. The zero-order chi connectivity index (χ0) is 19.4. The highest BCUT2D eigenvalue weighted by atomic mass is 32.2.